The monoisotopic (exact) mass is 459 g/mol. The summed E-state index contributed by atoms with van der Waals surface area (Å²) in [7, 11) is 0. The lowest BCUT2D eigenvalue weighted by atomic mass is 9.53. The van der Waals surface area contributed by atoms with E-state index < -0.39 is 5.60 Å². The third-order valence-corrected chi connectivity index (χ3v) is 9.97. The normalized spacial score (nSPS) is 44.9. The van der Waals surface area contributed by atoms with Gasteiger partial charge in [0.05, 0.1) is 17.6 Å². The number of fused-ring (bicyclic) bond motifs is 2. The topological polar surface area (TPSA) is 62.3 Å². The SMILES string of the molecule is C[C@H]1CCC[C@]2(C)C[C@H]3OC(=O)[C@H](CN4CCC(O)(c5ccc(Cl)cc5)CC4)[C@H]3[C@@H]3O[C@@]132. The Bertz CT molecular complexity index is 913. The number of benzene rings is 1. The minimum Gasteiger partial charge on any atom is -0.462 e. The van der Waals surface area contributed by atoms with Crippen LogP contribution in [0, 0.1) is 23.2 Å². The molecule has 6 rings (SSSR count). The first kappa shape index (κ1) is 21.4. The number of epoxide rings is 1. The Balaban J connectivity index is 1.15. The van der Waals surface area contributed by atoms with E-state index in [1.54, 1.807) is 0 Å². The van der Waals surface area contributed by atoms with E-state index in [1.165, 1.54) is 19.3 Å². The van der Waals surface area contributed by atoms with Gasteiger partial charge in [0, 0.05) is 36.0 Å². The molecule has 0 radical (unpaired) electrons. The number of piperidine rings is 1. The first-order valence-electron chi connectivity index (χ1n) is 12.3. The highest BCUT2D eigenvalue weighted by Gasteiger charge is 2.78. The van der Waals surface area contributed by atoms with Crippen LogP contribution in [-0.4, -0.2) is 53.4 Å². The first-order valence-corrected chi connectivity index (χ1v) is 12.7. The molecule has 3 heterocycles. The van der Waals surface area contributed by atoms with Crippen molar-refractivity contribution in [2.45, 2.75) is 75.8 Å². The minimum atomic E-state index is -0.826. The average Bonchev–Trinajstić information content (AvgIpc) is 3.44. The molecule has 0 bridgehead atoms. The summed E-state index contributed by atoms with van der Waals surface area (Å²) in [5.41, 5.74) is 0.183. The van der Waals surface area contributed by atoms with Crippen LogP contribution in [0.5, 0.6) is 0 Å². The molecule has 32 heavy (non-hydrogen) atoms. The number of carbonyl (C=O) groups is 1. The number of ether oxygens (including phenoxy) is 2. The number of carbonyl (C=O) groups excluding carboxylic acids is 1. The second kappa shape index (κ2) is 7.18. The molecule has 6 heteroatoms. The molecular formula is C26H34ClNO4. The number of aliphatic hydroxyl groups is 1. The quantitative estimate of drug-likeness (QED) is 0.543. The number of rotatable bonds is 3. The van der Waals surface area contributed by atoms with Crippen molar-refractivity contribution in [2.75, 3.05) is 19.6 Å². The van der Waals surface area contributed by atoms with Crippen molar-refractivity contribution in [3.8, 4) is 0 Å². The van der Waals surface area contributed by atoms with Gasteiger partial charge in [0.2, 0.25) is 0 Å². The van der Waals surface area contributed by atoms with Crippen molar-refractivity contribution in [3.05, 3.63) is 34.9 Å². The van der Waals surface area contributed by atoms with Gasteiger partial charge in [-0.2, -0.15) is 0 Å². The Kier molecular flexibility index (Phi) is 4.80. The fourth-order valence-electron chi connectivity index (χ4n) is 7.88. The third kappa shape index (κ3) is 2.97. The lowest BCUT2D eigenvalue weighted by Crippen LogP contribution is -2.55. The van der Waals surface area contributed by atoms with E-state index in [4.69, 9.17) is 21.1 Å². The Morgan fingerprint density at radius 3 is 2.62 bits per heavy atom. The summed E-state index contributed by atoms with van der Waals surface area (Å²) in [5, 5.41) is 11.9. The van der Waals surface area contributed by atoms with Crippen molar-refractivity contribution in [2.24, 2.45) is 23.2 Å². The van der Waals surface area contributed by atoms with Gasteiger partial charge in [-0.05, 0) is 55.7 Å². The van der Waals surface area contributed by atoms with Gasteiger partial charge >= 0.3 is 5.97 Å². The summed E-state index contributed by atoms with van der Waals surface area (Å²) < 4.78 is 12.5. The largest absolute Gasteiger partial charge is 0.462 e. The van der Waals surface area contributed by atoms with E-state index in [2.05, 4.69) is 18.7 Å². The summed E-state index contributed by atoms with van der Waals surface area (Å²) in [5.74, 6) is 0.560. The Hall–Kier alpha value is -1.14. The zero-order valence-corrected chi connectivity index (χ0v) is 19.8. The molecular weight excluding hydrogens is 426 g/mol. The summed E-state index contributed by atoms with van der Waals surface area (Å²) in [6.07, 6.45) is 6.05. The number of esters is 1. The lowest BCUT2D eigenvalue weighted by molar-refractivity contribution is -0.147. The highest BCUT2D eigenvalue weighted by molar-refractivity contribution is 6.30. The van der Waals surface area contributed by atoms with Crippen molar-refractivity contribution < 1.29 is 19.4 Å². The number of hydrogen-bond acceptors (Lipinski definition) is 5. The lowest BCUT2D eigenvalue weighted by Gasteiger charge is -2.49. The highest BCUT2D eigenvalue weighted by atomic mass is 35.5. The Morgan fingerprint density at radius 1 is 1.19 bits per heavy atom. The first-order chi connectivity index (χ1) is 15.3. The summed E-state index contributed by atoms with van der Waals surface area (Å²) >= 11 is 6.01. The van der Waals surface area contributed by atoms with E-state index in [0.717, 1.165) is 25.1 Å². The van der Waals surface area contributed by atoms with Gasteiger partial charge < -0.3 is 19.5 Å². The Morgan fingerprint density at radius 2 is 1.91 bits per heavy atom. The summed E-state index contributed by atoms with van der Waals surface area (Å²) in [6, 6.07) is 7.52. The molecule has 0 aromatic heterocycles. The van der Waals surface area contributed by atoms with Crippen LogP contribution in [0.1, 0.15) is 57.9 Å². The van der Waals surface area contributed by atoms with Gasteiger partial charge in [-0.3, -0.25) is 4.79 Å². The van der Waals surface area contributed by atoms with E-state index in [9.17, 15) is 9.90 Å². The Labute approximate surface area is 195 Å². The van der Waals surface area contributed by atoms with Gasteiger partial charge in [0.1, 0.15) is 11.7 Å². The van der Waals surface area contributed by atoms with Crippen LogP contribution in [0.4, 0.5) is 0 Å². The zero-order chi connectivity index (χ0) is 22.3. The molecule has 5 aliphatic rings. The molecule has 1 aromatic carbocycles. The van der Waals surface area contributed by atoms with Crippen LogP contribution >= 0.6 is 11.6 Å². The fraction of sp³-hybridized carbons (Fsp3) is 0.731. The molecule has 1 spiro atoms. The molecule has 2 saturated carbocycles. The molecule has 1 aromatic rings. The molecule has 5 fully saturated rings. The van der Waals surface area contributed by atoms with E-state index in [-0.39, 0.29) is 41.0 Å². The number of nitrogens with zero attached hydrogens (tertiary/aromatic N) is 1. The maximum Gasteiger partial charge on any atom is 0.311 e. The van der Waals surface area contributed by atoms with Crippen molar-refractivity contribution in [3.63, 3.8) is 0 Å². The van der Waals surface area contributed by atoms with E-state index >= 15 is 0 Å². The second-order valence-corrected chi connectivity index (χ2v) is 11.8. The van der Waals surface area contributed by atoms with Gasteiger partial charge in [-0.15, -0.1) is 0 Å². The number of hydrogen-bond donors (Lipinski definition) is 1. The van der Waals surface area contributed by atoms with Gasteiger partial charge in [-0.25, -0.2) is 0 Å². The molecule has 1 N–H and O–H groups in total. The molecule has 3 saturated heterocycles. The molecule has 2 aliphatic carbocycles. The molecule has 5 nitrogen and oxygen atoms in total. The third-order valence-electron chi connectivity index (χ3n) is 9.71. The van der Waals surface area contributed by atoms with E-state index in [1.807, 2.05) is 24.3 Å². The summed E-state index contributed by atoms with van der Waals surface area (Å²) in [6.45, 7) is 6.95. The molecule has 0 unspecified atom stereocenters. The van der Waals surface area contributed by atoms with Crippen LogP contribution in [0.15, 0.2) is 24.3 Å². The molecule has 7 atom stereocenters. The molecule has 0 amide bonds. The number of likely N-dealkylation sites (tertiary alicyclic amines) is 1. The van der Waals surface area contributed by atoms with Crippen LogP contribution in [0.3, 0.4) is 0 Å². The molecule has 174 valence electrons. The van der Waals surface area contributed by atoms with Crippen molar-refractivity contribution >= 4 is 17.6 Å². The van der Waals surface area contributed by atoms with Gasteiger partial charge in [0.15, 0.2) is 0 Å². The molecule has 3 aliphatic heterocycles. The highest BCUT2D eigenvalue weighted by Crippen LogP contribution is 2.70. The van der Waals surface area contributed by atoms with Crippen molar-refractivity contribution in [1.82, 2.24) is 4.90 Å². The predicted molar refractivity (Wildman–Crippen MR) is 121 cm³/mol. The maximum atomic E-state index is 13.0. The van der Waals surface area contributed by atoms with E-state index in [0.29, 0.717) is 30.3 Å². The smallest absolute Gasteiger partial charge is 0.311 e. The van der Waals surface area contributed by atoms with Crippen LogP contribution in [-0.2, 0) is 19.9 Å². The van der Waals surface area contributed by atoms with Crippen LogP contribution < -0.4 is 0 Å². The van der Waals surface area contributed by atoms with Gasteiger partial charge in [0.25, 0.3) is 0 Å². The summed E-state index contributed by atoms with van der Waals surface area (Å²) in [4.78, 5) is 15.3. The second-order valence-electron chi connectivity index (χ2n) is 11.4. The van der Waals surface area contributed by atoms with Crippen LogP contribution in [0.25, 0.3) is 0 Å². The standard InChI is InChI=1S/C26H34ClNO4/c1-16-4-3-9-24(2)14-20-21(22-26(16,24)32-22)19(23(29)31-20)15-28-12-10-25(30,11-13-28)17-5-7-18(27)8-6-17/h5-8,16,19-22,30H,3-4,9-15H2,1-2H3/t16-,19+,20+,21+,22-,24+,26-/m0/s1. The van der Waals surface area contributed by atoms with Crippen LogP contribution in [0.2, 0.25) is 5.02 Å². The predicted octanol–water partition coefficient (Wildman–Crippen LogP) is 4.15. The fourth-order valence-corrected chi connectivity index (χ4v) is 8.00. The maximum absolute atomic E-state index is 13.0. The number of halogens is 1. The van der Waals surface area contributed by atoms with Crippen molar-refractivity contribution in [1.29, 1.82) is 0 Å². The van der Waals surface area contributed by atoms with Gasteiger partial charge in [-0.1, -0.05) is 44.0 Å². The minimum absolute atomic E-state index is 0.000727. The average molecular weight is 460 g/mol. The zero-order valence-electron chi connectivity index (χ0n) is 19.1.